The lowest BCUT2D eigenvalue weighted by Crippen LogP contribution is -2.34. The molecular formula is C18H18N2O2S2. The van der Waals surface area contributed by atoms with Gasteiger partial charge in [0.15, 0.2) is 5.58 Å². The smallest absolute Gasteiger partial charge is 0.228 e. The average Bonchev–Trinajstić information content (AvgIpc) is 3.20. The quantitative estimate of drug-likeness (QED) is 0.706. The van der Waals surface area contributed by atoms with E-state index < -0.39 is 0 Å². The van der Waals surface area contributed by atoms with Crippen molar-refractivity contribution in [2.24, 2.45) is 0 Å². The molecule has 2 aromatic heterocycles. The van der Waals surface area contributed by atoms with Crippen LogP contribution in [-0.4, -0.2) is 34.8 Å². The Bertz CT molecular complexity index is 829. The van der Waals surface area contributed by atoms with Gasteiger partial charge in [-0.25, -0.2) is 0 Å². The van der Waals surface area contributed by atoms with Gasteiger partial charge in [-0.15, -0.1) is 11.3 Å². The van der Waals surface area contributed by atoms with E-state index >= 15 is 0 Å². The number of hydrogen-bond donors (Lipinski definition) is 0. The zero-order chi connectivity index (χ0) is 16.4. The first kappa shape index (κ1) is 15.7. The summed E-state index contributed by atoms with van der Waals surface area (Å²) in [6.07, 6.45) is 1.32. The summed E-state index contributed by atoms with van der Waals surface area (Å²) in [5, 5.41) is 7.65. The monoisotopic (exact) mass is 358 g/mol. The number of rotatable bonds is 3. The summed E-state index contributed by atoms with van der Waals surface area (Å²) in [6, 6.07) is 12.0. The Labute approximate surface area is 148 Å². The maximum Gasteiger partial charge on any atom is 0.228 e. The Kier molecular flexibility index (Phi) is 4.58. The molecule has 0 bridgehead atoms. The minimum atomic E-state index is 0.140. The molecule has 1 aliphatic rings. The number of benzene rings is 1. The maximum absolute atomic E-state index is 12.7. The number of nitrogens with zero attached hydrogens (tertiary/aromatic N) is 2. The van der Waals surface area contributed by atoms with Crippen LogP contribution in [0.5, 0.6) is 0 Å². The largest absolute Gasteiger partial charge is 0.356 e. The number of thiophene rings is 1. The molecule has 3 aromatic rings. The van der Waals surface area contributed by atoms with Crippen molar-refractivity contribution in [2.45, 2.75) is 18.1 Å². The summed E-state index contributed by atoms with van der Waals surface area (Å²) in [7, 11) is 0. The zero-order valence-corrected chi connectivity index (χ0v) is 14.8. The van der Waals surface area contributed by atoms with Crippen molar-refractivity contribution in [1.82, 2.24) is 10.1 Å². The third-order valence-electron chi connectivity index (χ3n) is 4.33. The molecule has 1 fully saturated rings. The second-order valence-corrected chi connectivity index (χ2v) is 8.14. The van der Waals surface area contributed by atoms with E-state index in [2.05, 4.69) is 22.7 Å². The molecule has 1 aliphatic heterocycles. The van der Waals surface area contributed by atoms with E-state index in [9.17, 15) is 4.79 Å². The molecule has 1 atom stereocenters. The fourth-order valence-electron chi connectivity index (χ4n) is 3.04. The molecule has 1 amide bonds. The fraction of sp³-hybridized carbons (Fsp3) is 0.333. The lowest BCUT2D eigenvalue weighted by atomic mass is 10.1. The maximum atomic E-state index is 12.7. The van der Waals surface area contributed by atoms with Gasteiger partial charge in [-0.05, 0) is 30.0 Å². The SMILES string of the molecule is O=C(Cc1noc2ccccc12)N1CCS[C@@H](c2cccs2)CC1. The predicted octanol–water partition coefficient (Wildman–Crippen LogP) is 4.14. The van der Waals surface area contributed by atoms with Gasteiger partial charge in [0.2, 0.25) is 5.91 Å². The number of carbonyl (C=O) groups is 1. The molecule has 0 spiro atoms. The second kappa shape index (κ2) is 6.99. The first-order valence-electron chi connectivity index (χ1n) is 8.07. The van der Waals surface area contributed by atoms with E-state index in [0.29, 0.717) is 11.7 Å². The highest BCUT2D eigenvalue weighted by Crippen LogP contribution is 2.36. The van der Waals surface area contributed by atoms with Gasteiger partial charge in [0.1, 0.15) is 5.69 Å². The highest BCUT2D eigenvalue weighted by Gasteiger charge is 2.23. The molecular weight excluding hydrogens is 340 g/mol. The summed E-state index contributed by atoms with van der Waals surface area (Å²) in [6.45, 7) is 1.62. The molecule has 4 rings (SSSR count). The minimum absolute atomic E-state index is 0.140. The first-order chi connectivity index (χ1) is 11.8. The molecule has 24 heavy (non-hydrogen) atoms. The fourth-order valence-corrected chi connectivity index (χ4v) is 5.28. The number of thioether (sulfide) groups is 1. The Morgan fingerprint density at radius 3 is 3.04 bits per heavy atom. The van der Waals surface area contributed by atoms with Crippen LogP contribution < -0.4 is 0 Å². The third kappa shape index (κ3) is 3.21. The lowest BCUT2D eigenvalue weighted by molar-refractivity contribution is -0.130. The van der Waals surface area contributed by atoms with Crippen molar-refractivity contribution in [2.75, 3.05) is 18.8 Å². The molecule has 6 heteroatoms. The topological polar surface area (TPSA) is 46.3 Å². The Balaban J connectivity index is 1.43. The summed E-state index contributed by atoms with van der Waals surface area (Å²) < 4.78 is 5.30. The van der Waals surface area contributed by atoms with E-state index in [4.69, 9.17) is 4.52 Å². The van der Waals surface area contributed by atoms with E-state index in [1.165, 1.54) is 4.88 Å². The van der Waals surface area contributed by atoms with E-state index in [1.54, 1.807) is 11.3 Å². The highest BCUT2D eigenvalue weighted by atomic mass is 32.2. The molecule has 0 N–H and O–H groups in total. The highest BCUT2D eigenvalue weighted by molar-refractivity contribution is 7.99. The van der Waals surface area contributed by atoms with Crippen LogP contribution in [0.4, 0.5) is 0 Å². The molecule has 1 saturated heterocycles. The molecule has 3 heterocycles. The summed E-state index contributed by atoms with van der Waals surface area (Å²) >= 11 is 3.76. The summed E-state index contributed by atoms with van der Waals surface area (Å²) in [4.78, 5) is 16.1. The van der Waals surface area contributed by atoms with Crippen LogP contribution in [-0.2, 0) is 11.2 Å². The zero-order valence-electron chi connectivity index (χ0n) is 13.2. The van der Waals surface area contributed by atoms with Gasteiger partial charge < -0.3 is 9.42 Å². The normalized spacial score (nSPS) is 18.7. The number of amides is 1. The van der Waals surface area contributed by atoms with Crippen molar-refractivity contribution < 1.29 is 9.32 Å². The Morgan fingerprint density at radius 1 is 1.25 bits per heavy atom. The van der Waals surface area contributed by atoms with Crippen LogP contribution in [0.2, 0.25) is 0 Å². The van der Waals surface area contributed by atoms with Crippen LogP contribution in [0, 0.1) is 0 Å². The number of aromatic nitrogens is 1. The van der Waals surface area contributed by atoms with E-state index in [1.807, 2.05) is 40.9 Å². The number of carbonyl (C=O) groups excluding carboxylic acids is 1. The predicted molar refractivity (Wildman–Crippen MR) is 98.4 cm³/mol. The minimum Gasteiger partial charge on any atom is -0.356 e. The molecule has 0 aliphatic carbocycles. The van der Waals surface area contributed by atoms with Crippen LogP contribution in [0.25, 0.3) is 11.0 Å². The molecule has 0 saturated carbocycles. The lowest BCUT2D eigenvalue weighted by Gasteiger charge is -2.19. The van der Waals surface area contributed by atoms with Crippen molar-refractivity contribution >= 4 is 40.0 Å². The summed E-state index contributed by atoms with van der Waals surface area (Å²) in [5.41, 5.74) is 1.48. The van der Waals surface area contributed by atoms with Crippen LogP contribution in [0.15, 0.2) is 46.3 Å². The Morgan fingerprint density at radius 2 is 2.17 bits per heavy atom. The average molecular weight is 358 g/mol. The van der Waals surface area contributed by atoms with E-state index in [0.717, 1.165) is 41.9 Å². The van der Waals surface area contributed by atoms with Gasteiger partial charge in [-0.3, -0.25) is 4.79 Å². The number of fused-ring (bicyclic) bond motifs is 1. The molecule has 124 valence electrons. The second-order valence-electron chi connectivity index (χ2n) is 5.85. The molecule has 0 radical (unpaired) electrons. The molecule has 1 aromatic carbocycles. The first-order valence-corrected chi connectivity index (χ1v) is 10.00. The van der Waals surface area contributed by atoms with Crippen LogP contribution in [0.3, 0.4) is 0 Å². The van der Waals surface area contributed by atoms with Gasteiger partial charge in [0.05, 0.1) is 6.42 Å². The van der Waals surface area contributed by atoms with Gasteiger partial charge in [-0.1, -0.05) is 23.4 Å². The number of para-hydroxylation sites is 1. The van der Waals surface area contributed by atoms with Gasteiger partial charge in [0, 0.05) is 34.4 Å². The van der Waals surface area contributed by atoms with Gasteiger partial charge >= 0.3 is 0 Å². The molecule has 4 nitrogen and oxygen atoms in total. The van der Waals surface area contributed by atoms with E-state index in [-0.39, 0.29) is 5.91 Å². The van der Waals surface area contributed by atoms with Crippen LogP contribution in [0.1, 0.15) is 22.2 Å². The standard InChI is InChI=1S/C18H18N2O2S2/c21-18(12-14-13-4-1-2-5-15(13)22-19-14)20-8-7-17(24-11-9-20)16-6-3-10-23-16/h1-6,10,17H,7-9,11-12H2/t17-/m1/s1. The van der Waals surface area contributed by atoms with Crippen molar-refractivity contribution in [3.8, 4) is 0 Å². The van der Waals surface area contributed by atoms with Crippen molar-refractivity contribution in [1.29, 1.82) is 0 Å². The van der Waals surface area contributed by atoms with Gasteiger partial charge in [-0.2, -0.15) is 11.8 Å². The Hall–Kier alpha value is -1.79. The third-order valence-corrected chi connectivity index (χ3v) is 6.77. The van der Waals surface area contributed by atoms with Crippen molar-refractivity contribution in [3.63, 3.8) is 0 Å². The summed E-state index contributed by atoms with van der Waals surface area (Å²) in [5.74, 6) is 1.12. The number of hydrogen-bond acceptors (Lipinski definition) is 5. The molecule has 0 unspecified atom stereocenters. The van der Waals surface area contributed by atoms with Crippen LogP contribution >= 0.6 is 23.1 Å². The van der Waals surface area contributed by atoms with Gasteiger partial charge in [0.25, 0.3) is 0 Å². The van der Waals surface area contributed by atoms with Crippen molar-refractivity contribution in [3.05, 3.63) is 52.3 Å².